The Hall–Kier alpha value is -1.78. The number of anilines is 1. The van der Waals surface area contributed by atoms with Crippen LogP contribution in [0.3, 0.4) is 0 Å². The van der Waals surface area contributed by atoms with Crippen LogP contribution in [0.15, 0.2) is 17.3 Å². The number of pyridine rings is 1. The van der Waals surface area contributed by atoms with Gasteiger partial charge in [-0.1, -0.05) is 11.2 Å². The largest absolute Gasteiger partial charge is 0.409 e. The van der Waals surface area contributed by atoms with Crippen LogP contribution in [-0.4, -0.2) is 29.1 Å². The SMILES string of the molecule is CCN(CC/C(N)=N/O)c1ccc2c(n1)CCC2. The molecule has 0 atom stereocenters. The Kier molecular flexibility index (Phi) is 4.02. The van der Waals surface area contributed by atoms with Gasteiger partial charge in [0.05, 0.1) is 0 Å². The molecule has 5 heteroatoms. The molecule has 1 heterocycles. The van der Waals surface area contributed by atoms with E-state index in [2.05, 4.69) is 29.1 Å². The Morgan fingerprint density at radius 3 is 3.06 bits per heavy atom. The summed E-state index contributed by atoms with van der Waals surface area (Å²) in [6.07, 6.45) is 3.99. The van der Waals surface area contributed by atoms with Crippen LogP contribution < -0.4 is 10.6 Å². The first kappa shape index (κ1) is 12.7. The molecule has 0 saturated carbocycles. The second-order valence-electron chi connectivity index (χ2n) is 4.55. The smallest absolute Gasteiger partial charge is 0.140 e. The molecule has 0 saturated heterocycles. The van der Waals surface area contributed by atoms with E-state index < -0.39 is 0 Å². The average molecular weight is 248 g/mol. The van der Waals surface area contributed by atoms with Crippen LogP contribution in [0.4, 0.5) is 5.82 Å². The maximum atomic E-state index is 8.55. The maximum Gasteiger partial charge on any atom is 0.140 e. The summed E-state index contributed by atoms with van der Waals surface area (Å²) in [6.45, 7) is 3.67. The molecule has 5 nitrogen and oxygen atoms in total. The summed E-state index contributed by atoms with van der Waals surface area (Å²) < 4.78 is 0. The summed E-state index contributed by atoms with van der Waals surface area (Å²) in [5, 5.41) is 11.5. The maximum absolute atomic E-state index is 8.55. The summed E-state index contributed by atoms with van der Waals surface area (Å²) in [6, 6.07) is 4.25. The second-order valence-corrected chi connectivity index (χ2v) is 4.55. The van der Waals surface area contributed by atoms with E-state index in [1.54, 1.807) is 0 Å². The Morgan fingerprint density at radius 1 is 1.50 bits per heavy atom. The Labute approximate surface area is 107 Å². The zero-order chi connectivity index (χ0) is 13.0. The standard InChI is InChI=1S/C13H20N4O/c1-2-17(9-8-12(14)16-18)13-7-6-10-4-3-5-11(10)15-13/h6-7,18H,2-5,8-9H2,1H3,(H2,14,16). The molecule has 1 aromatic rings. The van der Waals surface area contributed by atoms with E-state index in [1.165, 1.54) is 17.7 Å². The fraction of sp³-hybridized carbons (Fsp3) is 0.538. The van der Waals surface area contributed by atoms with Crippen LogP contribution >= 0.6 is 0 Å². The minimum Gasteiger partial charge on any atom is -0.409 e. The molecule has 0 fully saturated rings. The highest BCUT2D eigenvalue weighted by molar-refractivity contribution is 5.80. The van der Waals surface area contributed by atoms with Gasteiger partial charge >= 0.3 is 0 Å². The third-order valence-corrected chi connectivity index (χ3v) is 3.39. The van der Waals surface area contributed by atoms with E-state index in [9.17, 15) is 0 Å². The summed E-state index contributed by atoms with van der Waals surface area (Å²) in [4.78, 5) is 6.86. The van der Waals surface area contributed by atoms with Crippen molar-refractivity contribution >= 4 is 11.7 Å². The predicted octanol–water partition coefficient (Wildman–Crippen LogP) is 1.53. The number of aryl methyl sites for hydroxylation is 2. The van der Waals surface area contributed by atoms with Crippen LogP contribution in [0, 0.1) is 0 Å². The van der Waals surface area contributed by atoms with Crippen molar-refractivity contribution in [2.45, 2.75) is 32.6 Å². The topological polar surface area (TPSA) is 74.7 Å². The van der Waals surface area contributed by atoms with Crippen molar-refractivity contribution in [2.75, 3.05) is 18.0 Å². The van der Waals surface area contributed by atoms with Crippen molar-refractivity contribution in [3.63, 3.8) is 0 Å². The van der Waals surface area contributed by atoms with E-state index in [0.29, 0.717) is 6.42 Å². The molecular formula is C13H20N4O. The molecule has 18 heavy (non-hydrogen) atoms. The number of aromatic nitrogens is 1. The van der Waals surface area contributed by atoms with E-state index in [4.69, 9.17) is 15.9 Å². The van der Waals surface area contributed by atoms with Crippen LogP contribution in [0.5, 0.6) is 0 Å². The van der Waals surface area contributed by atoms with Gasteiger partial charge in [-0.15, -0.1) is 0 Å². The molecular weight excluding hydrogens is 228 g/mol. The van der Waals surface area contributed by atoms with Gasteiger partial charge in [-0.2, -0.15) is 0 Å². The quantitative estimate of drug-likeness (QED) is 0.359. The lowest BCUT2D eigenvalue weighted by Crippen LogP contribution is -2.28. The number of nitrogens with two attached hydrogens (primary N) is 1. The molecule has 0 bridgehead atoms. The van der Waals surface area contributed by atoms with Crippen LogP contribution in [-0.2, 0) is 12.8 Å². The summed E-state index contributed by atoms with van der Waals surface area (Å²) >= 11 is 0. The summed E-state index contributed by atoms with van der Waals surface area (Å²) in [5.41, 5.74) is 8.11. The first-order valence-electron chi connectivity index (χ1n) is 6.44. The van der Waals surface area contributed by atoms with Gasteiger partial charge in [0.25, 0.3) is 0 Å². The van der Waals surface area contributed by atoms with Crippen molar-refractivity contribution in [3.05, 3.63) is 23.4 Å². The zero-order valence-electron chi connectivity index (χ0n) is 10.8. The number of nitrogens with zero attached hydrogens (tertiary/aromatic N) is 3. The number of amidine groups is 1. The van der Waals surface area contributed by atoms with Crippen molar-refractivity contribution in [1.82, 2.24) is 4.98 Å². The van der Waals surface area contributed by atoms with Crippen molar-refractivity contribution in [1.29, 1.82) is 0 Å². The van der Waals surface area contributed by atoms with Gasteiger partial charge in [0.15, 0.2) is 0 Å². The van der Waals surface area contributed by atoms with Gasteiger partial charge in [-0.3, -0.25) is 0 Å². The Bertz CT molecular complexity index is 445. The van der Waals surface area contributed by atoms with Crippen molar-refractivity contribution in [3.8, 4) is 0 Å². The highest BCUT2D eigenvalue weighted by Crippen LogP contribution is 2.23. The first-order chi connectivity index (χ1) is 8.74. The number of oxime groups is 1. The fourth-order valence-electron chi connectivity index (χ4n) is 2.32. The average Bonchev–Trinajstić information content (AvgIpc) is 2.86. The lowest BCUT2D eigenvalue weighted by molar-refractivity contribution is 0.317. The van der Waals surface area contributed by atoms with Crippen LogP contribution in [0.2, 0.25) is 0 Å². The minimum absolute atomic E-state index is 0.259. The highest BCUT2D eigenvalue weighted by Gasteiger charge is 2.14. The third-order valence-electron chi connectivity index (χ3n) is 3.39. The molecule has 0 spiro atoms. The molecule has 98 valence electrons. The molecule has 2 rings (SSSR count). The lowest BCUT2D eigenvalue weighted by Gasteiger charge is -2.22. The van der Waals surface area contributed by atoms with Crippen LogP contribution in [0.1, 0.15) is 31.0 Å². The first-order valence-corrected chi connectivity index (χ1v) is 6.44. The van der Waals surface area contributed by atoms with E-state index in [0.717, 1.165) is 31.7 Å². The van der Waals surface area contributed by atoms with Gasteiger partial charge in [-0.25, -0.2) is 4.98 Å². The monoisotopic (exact) mass is 248 g/mol. The zero-order valence-corrected chi connectivity index (χ0v) is 10.8. The molecule has 0 amide bonds. The Morgan fingerprint density at radius 2 is 2.33 bits per heavy atom. The van der Waals surface area contributed by atoms with Gasteiger partial charge in [-0.05, 0) is 37.8 Å². The van der Waals surface area contributed by atoms with Gasteiger partial charge in [0, 0.05) is 25.2 Å². The number of fused-ring (bicyclic) bond motifs is 1. The van der Waals surface area contributed by atoms with Gasteiger partial charge < -0.3 is 15.8 Å². The molecule has 1 aliphatic carbocycles. The highest BCUT2D eigenvalue weighted by atomic mass is 16.4. The van der Waals surface area contributed by atoms with Gasteiger partial charge in [0.2, 0.25) is 0 Å². The van der Waals surface area contributed by atoms with E-state index in [1.807, 2.05) is 0 Å². The van der Waals surface area contributed by atoms with Crippen LogP contribution in [0.25, 0.3) is 0 Å². The molecule has 0 radical (unpaired) electrons. The molecule has 0 aromatic carbocycles. The molecule has 1 aliphatic rings. The van der Waals surface area contributed by atoms with Crippen molar-refractivity contribution < 1.29 is 5.21 Å². The fourth-order valence-corrected chi connectivity index (χ4v) is 2.32. The predicted molar refractivity (Wildman–Crippen MR) is 72.2 cm³/mol. The van der Waals surface area contributed by atoms with E-state index >= 15 is 0 Å². The van der Waals surface area contributed by atoms with Crippen molar-refractivity contribution in [2.24, 2.45) is 10.9 Å². The van der Waals surface area contributed by atoms with Gasteiger partial charge in [0.1, 0.15) is 11.7 Å². The summed E-state index contributed by atoms with van der Waals surface area (Å²) in [5.74, 6) is 1.25. The molecule has 3 N–H and O–H groups in total. The molecule has 0 aliphatic heterocycles. The van der Waals surface area contributed by atoms with E-state index in [-0.39, 0.29) is 5.84 Å². The molecule has 1 aromatic heterocycles. The number of hydrogen-bond acceptors (Lipinski definition) is 4. The summed E-state index contributed by atoms with van der Waals surface area (Å²) in [7, 11) is 0. The minimum atomic E-state index is 0.259. The second kappa shape index (κ2) is 5.71. The molecule has 0 unspecified atom stereocenters. The number of rotatable bonds is 5. The third kappa shape index (κ3) is 2.72. The Balaban J connectivity index is 2.08. The lowest BCUT2D eigenvalue weighted by atomic mass is 10.2. The normalized spacial score (nSPS) is 14.6. The number of hydrogen-bond donors (Lipinski definition) is 2.